The summed E-state index contributed by atoms with van der Waals surface area (Å²) in [5.41, 5.74) is 0.318. The average molecular weight is 356 g/mol. The maximum Gasteiger partial charge on any atom is 0.343 e. The van der Waals surface area contributed by atoms with E-state index in [0.29, 0.717) is 42.7 Å². The molecule has 0 unspecified atom stereocenters. The molecule has 2 aromatic carbocycles. The predicted molar refractivity (Wildman–Crippen MR) is 93.1 cm³/mol. The monoisotopic (exact) mass is 356 g/mol. The number of carbonyl (C=O) groups is 2. The van der Waals surface area contributed by atoms with Gasteiger partial charge in [-0.3, -0.25) is 4.79 Å². The Morgan fingerprint density at radius 2 is 1.35 bits per heavy atom. The molecule has 1 fully saturated rings. The van der Waals surface area contributed by atoms with Crippen LogP contribution in [0.5, 0.6) is 17.2 Å². The molecule has 0 amide bonds. The summed E-state index contributed by atoms with van der Waals surface area (Å²) in [5, 5.41) is 18.7. The molecule has 0 bridgehead atoms. The van der Waals surface area contributed by atoms with Gasteiger partial charge in [-0.05, 0) is 74.2 Å². The number of rotatable bonds is 4. The zero-order chi connectivity index (χ0) is 18.5. The lowest BCUT2D eigenvalue weighted by molar-refractivity contribution is -0.140. The van der Waals surface area contributed by atoms with Gasteiger partial charge in [-0.25, -0.2) is 4.79 Å². The zero-order valence-electron chi connectivity index (χ0n) is 14.1. The fraction of sp³-hybridized carbons (Fsp3) is 0.300. The van der Waals surface area contributed by atoms with Crippen LogP contribution in [0.1, 0.15) is 36.0 Å². The van der Waals surface area contributed by atoms with Gasteiger partial charge in [0, 0.05) is 0 Å². The fourth-order valence-corrected chi connectivity index (χ4v) is 2.85. The first-order valence-corrected chi connectivity index (χ1v) is 8.52. The Kier molecular flexibility index (Phi) is 5.53. The molecule has 0 aliphatic heterocycles. The van der Waals surface area contributed by atoms with Crippen molar-refractivity contribution in [3.63, 3.8) is 0 Å². The molecule has 0 heterocycles. The summed E-state index contributed by atoms with van der Waals surface area (Å²) in [6.07, 6.45) is 2.15. The highest BCUT2D eigenvalue weighted by molar-refractivity contribution is 5.91. The smallest absolute Gasteiger partial charge is 0.343 e. The molecular formula is C20H20O6. The van der Waals surface area contributed by atoms with Crippen LogP contribution >= 0.6 is 0 Å². The SMILES string of the molecule is O=C(Oc1ccc(O)cc1)c1ccc(OC(=O)C2CCC(O)CC2)cc1. The number of ether oxygens (including phenoxy) is 2. The number of carbonyl (C=O) groups excluding carboxylic acids is 2. The number of phenolic OH excluding ortho intramolecular Hbond substituents is 1. The molecule has 1 saturated carbocycles. The Morgan fingerprint density at radius 3 is 1.96 bits per heavy atom. The second kappa shape index (κ2) is 8.01. The van der Waals surface area contributed by atoms with Crippen LogP contribution < -0.4 is 9.47 Å². The Bertz CT molecular complexity index is 758. The minimum Gasteiger partial charge on any atom is -0.508 e. The van der Waals surface area contributed by atoms with Gasteiger partial charge in [0.25, 0.3) is 0 Å². The molecule has 2 N–H and O–H groups in total. The van der Waals surface area contributed by atoms with E-state index in [0.717, 1.165) is 0 Å². The summed E-state index contributed by atoms with van der Waals surface area (Å²) < 4.78 is 10.6. The van der Waals surface area contributed by atoms with Gasteiger partial charge in [0.1, 0.15) is 17.2 Å². The molecule has 0 saturated heterocycles. The lowest BCUT2D eigenvalue weighted by Crippen LogP contribution is -2.27. The number of benzene rings is 2. The second-order valence-corrected chi connectivity index (χ2v) is 6.33. The average Bonchev–Trinajstić information content (AvgIpc) is 2.64. The van der Waals surface area contributed by atoms with Crippen LogP contribution in [-0.2, 0) is 4.79 Å². The van der Waals surface area contributed by atoms with E-state index in [9.17, 15) is 19.8 Å². The molecule has 0 atom stereocenters. The number of aliphatic hydroxyl groups is 1. The first-order valence-electron chi connectivity index (χ1n) is 8.52. The minimum atomic E-state index is -0.546. The molecule has 0 spiro atoms. The van der Waals surface area contributed by atoms with E-state index >= 15 is 0 Å². The molecule has 6 nitrogen and oxygen atoms in total. The molecule has 6 heteroatoms. The lowest BCUT2D eigenvalue weighted by Gasteiger charge is -2.23. The fourth-order valence-electron chi connectivity index (χ4n) is 2.85. The summed E-state index contributed by atoms with van der Waals surface area (Å²) in [7, 11) is 0. The maximum absolute atomic E-state index is 12.1. The van der Waals surface area contributed by atoms with Gasteiger partial charge in [0.2, 0.25) is 0 Å². The minimum absolute atomic E-state index is 0.0865. The highest BCUT2D eigenvalue weighted by Gasteiger charge is 2.26. The summed E-state index contributed by atoms with van der Waals surface area (Å²) in [4.78, 5) is 24.2. The van der Waals surface area contributed by atoms with Crippen molar-refractivity contribution >= 4 is 11.9 Å². The van der Waals surface area contributed by atoms with E-state index < -0.39 is 5.97 Å². The molecule has 26 heavy (non-hydrogen) atoms. The van der Waals surface area contributed by atoms with E-state index in [1.165, 1.54) is 36.4 Å². The van der Waals surface area contributed by atoms with Crippen molar-refractivity contribution in [3.05, 3.63) is 54.1 Å². The number of aliphatic hydroxyl groups excluding tert-OH is 1. The maximum atomic E-state index is 12.1. The van der Waals surface area contributed by atoms with E-state index in [2.05, 4.69) is 0 Å². The van der Waals surface area contributed by atoms with E-state index in [-0.39, 0.29) is 23.7 Å². The van der Waals surface area contributed by atoms with E-state index in [1.807, 2.05) is 0 Å². The Labute approximate surface area is 151 Å². The summed E-state index contributed by atoms with van der Waals surface area (Å²) in [6, 6.07) is 12.0. The molecule has 0 aromatic heterocycles. The highest BCUT2D eigenvalue weighted by Crippen LogP contribution is 2.26. The van der Waals surface area contributed by atoms with Gasteiger partial charge in [-0.2, -0.15) is 0 Å². The van der Waals surface area contributed by atoms with Crippen LogP contribution in [0, 0.1) is 5.92 Å². The van der Waals surface area contributed by atoms with Crippen molar-refractivity contribution in [1.29, 1.82) is 0 Å². The van der Waals surface area contributed by atoms with Crippen molar-refractivity contribution in [2.75, 3.05) is 0 Å². The van der Waals surface area contributed by atoms with Gasteiger partial charge in [0.15, 0.2) is 0 Å². The first-order chi connectivity index (χ1) is 12.5. The number of aromatic hydroxyl groups is 1. The Balaban J connectivity index is 1.56. The number of phenols is 1. The van der Waals surface area contributed by atoms with Crippen molar-refractivity contribution in [2.45, 2.75) is 31.8 Å². The van der Waals surface area contributed by atoms with Crippen molar-refractivity contribution in [3.8, 4) is 17.2 Å². The molecule has 1 aliphatic rings. The lowest BCUT2D eigenvalue weighted by atomic mass is 9.87. The largest absolute Gasteiger partial charge is 0.508 e. The molecular weight excluding hydrogens is 336 g/mol. The second-order valence-electron chi connectivity index (χ2n) is 6.33. The van der Waals surface area contributed by atoms with Crippen LogP contribution in [0.25, 0.3) is 0 Å². The standard InChI is InChI=1S/C20H20O6/c21-15-5-1-13(2-6-15)19(23)25-17-9-3-14(4-10-17)20(24)26-18-11-7-16(22)8-12-18/h3-4,7-13,15,21-22H,1-2,5-6H2. The van der Waals surface area contributed by atoms with Gasteiger partial charge in [-0.15, -0.1) is 0 Å². The summed E-state index contributed by atoms with van der Waals surface area (Å²) >= 11 is 0. The third-order valence-electron chi connectivity index (χ3n) is 4.39. The molecule has 136 valence electrons. The number of esters is 2. The van der Waals surface area contributed by atoms with E-state index in [1.54, 1.807) is 12.1 Å². The summed E-state index contributed by atoms with van der Waals surface area (Å²) in [5.74, 6) is -0.280. The predicted octanol–water partition coefficient (Wildman–Crippen LogP) is 3.07. The summed E-state index contributed by atoms with van der Waals surface area (Å²) in [6.45, 7) is 0. The Hall–Kier alpha value is -2.86. The number of hydrogen-bond acceptors (Lipinski definition) is 6. The quantitative estimate of drug-likeness (QED) is 0.646. The van der Waals surface area contributed by atoms with Crippen LogP contribution in [0.2, 0.25) is 0 Å². The zero-order valence-corrected chi connectivity index (χ0v) is 14.1. The van der Waals surface area contributed by atoms with Gasteiger partial charge >= 0.3 is 11.9 Å². The first kappa shape index (κ1) is 17.9. The third kappa shape index (κ3) is 4.61. The number of hydrogen-bond donors (Lipinski definition) is 2. The third-order valence-corrected chi connectivity index (χ3v) is 4.39. The van der Waals surface area contributed by atoms with Crippen molar-refractivity contribution in [1.82, 2.24) is 0 Å². The van der Waals surface area contributed by atoms with E-state index in [4.69, 9.17) is 9.47 Å². The molecule has 2 aromatic rings. The highest BCUT2D eigenvalue weighted by atomic mass is 16.5. The molecule has 0 radical (unpaired) electrons. The van der Waals surface area contributed by atoms with Gasteiger partial charge in [0.05, 0.1) is 17.6 Å². The van der Waals surface area contributed by atoms with Crippen LogP contribution in [-0.4, -0.2) is 28.3 Å². The van der Waals surface area contributed by atoms with Gasteiger partial charge in [-0.1, -0.05) is 0 Å². The van der Waals surface area contributed by atoms with Gasteiger partial charge < -0.3 is 19.7 Å². The van der Waals surface area contributed by atoms with Crippen molar-refractivity contribution < 1.29 is 29.3 Å². The van der Waals surface area contributed by atoms with Crippen LogP contribution in [0.3, 0.4) is 0 Å². The van der Waals surface area contributed by atoms with Crippen LogP contribution in [0.15, 0.2) is 48.5 Å². The molecule has 3 rings (SSSR count). The Morgan fingerprint density at radius 1 is 0.808 bits per heavy atom. The topological polar surface area (TPSA) is 93.1 Å². The van der Waals surface area contributed by atoms with Crippen LogP contribution in [0.4, 0.5) is 0 Å². The molecule has 1 aliphatic carbocycles. The van der Waals surface area contributed by atoms with Crippen molar-refractivity contribution in [2.24, 2.45) is 5.92 Å². The normalized spacial score (nSPS) is 19.6.